The minimum Gasteiger partial charge on any atom is -0.481 e. The third-order valence-corrected chi connectivity index (χ3v) is 7.73. The molecule has 3 aromatic carbocycles. The van der Waals surface area contributed by atoms with E-state index in [1.165, 1.54) is 0 Å². The van der Waals surface area contributed by atoms with Crippen molar-refractivity contribution in [2.24, 2.45) is 5.41 Å². The molecule has 0 bridgehead atoms. The van der Waals surface area contributed by atoms with Gasteiger partial charge in [-0.1, -0.05) is 77.4 Å². The maximum absolute atomic E-state index is 12.0. The summed E-state index contributed by atoms with van der Waals surface area (Å²) in [6.07, 6.45) is 1.10. The molecule has 208 valence electrons. The van der Waals surface area contributed by atoms with E-state index in [0.717, 1.165) is 34.4 Å². The summed E-state index contributed by atoms with van der Waals surface area (Å²) < 4.78 is 16.1. The van der Waals surface area contributed by atoms with Crippen LogP contribution in [0, 0.1) is 5.41 Å². The number of benzene rings is 3. The summed E-state index contributed by atoms with van der Waals surface area (Å²) in [4.78, 5) is 18.9. The molecule has 1 aliphatic rings. The van der Waals surface area contributed by atoms with E-state index in [2.05, 4.69) is 15.0 Å². The highest BCUT2D eigenvalue weighted by atomic mass is 35.5. The Hall–Kier alpha value is -3.56. The van der Waals surface area contributed by atoms with Gasteiger partial charge in [0, 0.05) is 35.4 Å². The van der Waals surface area contributed by atoms with E-state index in [4.69, 9.17) is 25.6 Å². The van der Waals surface area contributed by atoms with Gasteiger partial charge in [-0.05, 0) is 49.2 Å². The number of methoxy groups -OCH3 is 1. The molecule has 5 rings (SSSR count). The van der Waals surface area contributed by atoms with Gasteiger partial charge in [0.25, 0.3) is 5.89 Å². The van der Waals surface area contributed by atoms with Gasteiger partial charge in [-0.3, -0.25) is 9.69 Å². The lowest BCUT2D eigenvalue weighted by Crippen LogP contribution is -2.46. The number of carboxylic acids is 1. The Morgan fingerprint density at radius 2 is 1.73 bits per heavy atom. The molecule has 1 aromatic heterocycles. The highest BCUT2D eigenvalue weighted by Crippen LogP contribution is 2.34. The van der Waals surface area contributed by atoms with Crippen LogP contribution in [-0.4, -0.2) is 66.1 Å². The molecule has 1 N–H and O–H groups in total. The summed E-state index contributed by atoms with van der Waals surface area (Å²) in [5, 5.41) is 14.6. The van der Waals surface area contributed by atoms with Crippen molar-refractivity contribution in [1.82, 2.24) is 15.0 Å². The third kappa shape index (κ3) is 6.42. The van der Waals surface area contributed by atoms with Gasteiger partial charge >= 0.3 is 5.97 Å². The van der Waals surface area contributed by atoms with Gasteiger partial charge in [0.05, 0.1) is 25.2 Å². The summed E-state index contributed by atoms with van der Waals surface area (Å²) in [5.74, 6) is 0.118. The SMILES string of the molecule is COCCOCC1(C(=O)O)CCN(Cc2ccc(-c3noc(-c4ccc(-c5ccccc5)c(Cl)c4)n3)cc2)CC1. The molecule has 0 radical (unpaired) electrons. The fraction of sp³-hybridized carbons (Fsp3) is 0.323. The largest absolute Gasteiger partial charge is 0.481 e. The molecule has 0 unspecified atom stereocenters. The average Bonchev–Trinajstić information content (AvgIpc) is 3.47. The highest BCUT2D eigenvalue weighted by Gasteiger charge is 2.41. The number of ether oxygens (including phenoxy) is 2. The number of hydrogen-bond acceptors (Lipinski definition) is 7. The molecular weight excluding hydrogens is 530 g/mol. The highest BCUT2D eigenvalue weighted by molar-refractivity contribution is 6.33. The van der Waals surface area contributed by atoms with E-state index in [1.807, 2.05) is 72.8 Å². The number of likely N-dealkylation sites (tertiary alicyclic amines) is 1. The van der Waals surface area contributed by atoms with Crippen LogP contribution in [0.2, 0.25) is 5.02 Å². The van der Waals surface area contributed by atoms with E-state index in [1.54, 1.807) is 7.11 Å². The first-order valence-electron chi connectivity index (χ1n) is 13.3. The number of aromatic nitrogens is 2. The second-order valence-electron chi connectivity index (χ2n) is 10.1. The number of hydrogen-bond donors (Lipinski definition) is 1. The summed E-state index contributed by atoms with van der Waals surface area (Å²) in [5.41, 5.74) is 3.89. The van der Waals surface area contributed by atoms with Crippen LogP contribution in [-0.2, 0) is 20.8 Å². The topological polar surface area (TPSA) is 97.9 Å². The van der Waals surface area contributed by atoms with Crippen molar-refractivity contribution in [3.63, 3.8) is 0 Å². The average molecular weight is 562 g/mol. The molecule has 1 fully saturated rings. The van der Waals surface area contributed by atoms with Gasteiger partial charge in [0.1, 0.15) is 0 Å². The van der Waals surface area contributed by atoms with Crippen LogP contribution in [0.1, 0.15) is 18.4 Å². The first-order chi connectivity index (χ1) is 19.5. The molecule has 9 heteroatoms. The van der Waals surface area contributed by atoms with Crippen LogP contribution in [0.3, 0.4) is 0 Å². The Morgan fingerprint density at radius 3 is 2.40 bits per heavy atom. The number of halogens is 1. The van der Waals surface area contributed by atoms with Crippen molar-refractivity contribution in [1.29, 1.82) is 0 Å². The van der Waals surface area contributed by atoms with Crippen LogP contribution >= 0.6 is 11.6 Å². The fourth-order valence-electron chi connectivity index (χ4n) is 4.94. The maximum atomic E-state index is 12.0. The van der Waals surface area contributed by atoms with Crippen molar-refractivity contribution in [2.75, 3.05) is 40.0 Å². The van der Waals surface area contributed by atoms with Crippen molar-refractivity contribution < 1.29 is 23.9 Å². The van der Waals surface area contributed by atoms with Gasteiger partial charge in [-0.15, -0.1) is 0 Å². The third-order valence-electron chi connectivity index (χ3n) is 7.42. The molecule has 0 aliphatic carbocycles. The maximum Gasteiger partial charge on any atom is 0.312 e. The number of aliphatic carboxylic acids is 1. The van der Waals surface area contributed by atoms with Crippen molar-refractivity contribution in [3.8, 4) is 34.0 Å². The van der Waals surface area contributed by atoms with E-state index in [9.17, 15) is 9.90 Å². The molecule has 0 atom stereocenters. The zero-order chi connectivity index (χ0) is 28.0. The van der Waals surface area contributed by atoms with Crippen LogP contribution < -0.4 is 0 Å². The second kappa shape index (κ2) is 12.7. The zero-order valence-electron chi connectivity index (χ0n) is 22.4. The molecule has 1 saturated heterocycles. The predicted octanol–water partition coefficient (Wildman–Crippen LogP) is 6.05. The quantitative estimate of drug-likeness (QED) is 0.221. The van der Waals surface area contributed by atoms with E-state index in [0.29, 0.717) is 55.9 Å². The number of rotatable bonds is 11. The van der Waals surface area contributed by atoms with Crippen molar-refractivity contribution in [3.05, 3.63) is 83.4 Å². The fourth-order valence-corrected chi connectivity index (χ4v) is 5.23. The lowest BCUT2D eigenvalue weighted by Gasteiger charge is -2.38. The lowest BCUT2D eigenvalue weighted by molar-refractivity contribution is -0.157. The monoisotopic (exact) mass is 561 g/mol. The van der Waals surface area contributed by atoms with Gasteiger partial charge < -0.3 is 19.1 Å². The molecule has 1 aliphatic heterocycles. The molecular formula is C31H32ClN3O5. The zero-order valence-corrected chi connectivity index (χ0v) is 23.1. The predicted molar refractivity (Wildman–Crippen MR) is 153 cm³/mol. The van der Waals surface area contributed by atoms with Crippen molar-refractivity contribution in [2.45, 2.75) is 19.4 Å². The minimum atomic E-state index is -0.837. The molecule has 4 aromatic rings. The number of piperidine rings is 1. The number of carboxylic acid groups (broad SMARTS) is 1. The number of carbonyl (C=O) groups is 1. The van der Waals surface area contributed by atoms with Gasteiger partial charge in [-0.25, -0.2) is 0 Å². The summed E-state index contributed by atoms with van der Waals surface area (Å²) in [6.45, 7) is 3.20. The van der Waals surface area contributed by atoms with Crippen LogP contribution in [0.25, 0.3) is 34.0 Å². The summed E-state index contributed by atoms with van der Waals surface area (Å²) in [7, 11) is 1.60. The Kier molecular flexibility index (Phi) is 8.91. The van der Waals surface area contributed by atoms with Crippen molar-refractivity contribution >= 4 is 17.6 Å². The van der Waals surface area contributed by atoms with Gasteiger partial charge in [-0.2, -0.15) is 4.98 Å². The molecule has 8 nitrogen and oxygen atoms in total. The van der Waals surface area contributed by atoms with Crippen LogP contribution in [0.4, 0.5) is 0 Å². The summed E-state index contributed by atoms with van der Waals surface area (Å²) in [6, 6.07) is 23.7. The standard InChI is InChI=1S/C31H32ClN3O5/c1-38-17-18-39-21-31(30(36)37)13-15-35(16-14-31)20-22-7-9-24(10-8-22)28-33-29(40-34-28)25-11-12-26(27(32)19-25)23-5-3-2-4-6-23/h2-12,19H,13-18,20-21H2,1H3,(H,36,37). The van der Waals surface area contributed by atoms with Gasteiger partial charge in [0.15, 0.2) is 0 Å². The normalized spacial score (nSPS) is 15.2. The Bertz CT molecular complexity index is 1420. The Labute approximate surface area is 238 Å². The molecule has 0 spiro atoms. The van der Waals surface area contributed by atoms with E-state index < -0.39 is 11.4 Å². The number of nitrogens with zero attached hydrogens (tertiary/aromatic N) is 3. The lowest BCUT2D eigenvalue weighted by atomic mass is 9.79. The van der Waals surface area contributed by atoms with Crippen LogP contribution in [0.15, 0.2) is 77.3 Å². The first kappa shape index (κ1) is 28.0. The molecule has 0 amide bonds. The minimum absolute atomic E-state index is 0.213. The van der Waals surface area contributed by atoms with Crippen LogP contribution in [0.5, 0.6) is 0 Å². The smallest absolute Gasteiger partial charge is 0.312 e. The molecule has 40 heavy (non-hydrogen) atoms. The molecule has 2 heterocycles. The second-order valence-corrected chi connectivity index (χ2v) is 10.5. The first-order valence-corrected chi connectivity index (χ1v) is 13.7. The Balaban J connectivity index is 1.19. The van der Waals surface area contributed by atoms with Gasteiger partial charge in [0.2, 0.25) is 5.82 Å². The van der Waals surface area contributed by atoms with E-state index >= 15 is 0 Å². The van der Waals surface area contributed by atoms with E-state index in [-0.39, 0.29) is 6.61 Å². The molecule has 0 saturated carbocycles. The summed E-state index contributed by atoms with van der Waals surface area (Å²) >= 11 is 6.57. The Morgan fingerprint density at radius 1 is 1.00 bits per heavy atom.